The number of nitrogens with one attached hydrogen (secondary N) is 1. The summed E-state index contributed by atoms with van der Waals surface area (Å²) in [4.78, 5) is 14.3. The normalized spacial score (nSPS) is 17.1. The van der Waals surface area contributed by atoms with Crippen molar-refractivity contribution in [1.29, 1.82) is 0 Å². The molecule has 1 aliphatic heterocycles. The van der Waals surface area contributed by atoms with Crippen molar-refractivity contribution in [2.24, 2.45) is 0 Å². The lowest BCUT2D eigenvalue weighted by Crippen LogP contribution is -2.35. The Morgan fingerprint density at radius 3 is 2.71 bits per heavy atom. The fraction of sp³-hybridized carbons (Fsp3) is 0.417. The quantitative estimate of drug-likeness (QED) is 0.680. The summed E-state index contributed by atoms with van der Waals surface area (Å²) in [6.45, 7) is 1.36. The Morgan fingerprint density at radius 1 is 1.33 bits per heavy atom. The van der Waals surface area contributed by atoms with E-state index in [0.717, 1.165) is 11.3 Å². The monoisotopic (exact) mass is 327 g/mol. The van der Waals surface area contributed by atoms with Crippen LogP contribution in [0.5, 0.6) is 0 Å². The van der Waals surface area contributed by atoms with Gasteiger partial charge < -0.3 is 5.32 Å². The second-order valence-electron chi connectivity index (χ2n) is 4.88. The fourth-order valence-corrected chi connectivity index (χ4v) is 5.56. The van der Waals surface area contributed by atoms with E-state index in [0.29, 0.717) is 36.1 Å². The van der Waals surface area contributed by atoms with Crippen LogP contribution in [0.1, 0.15) is 12.8 Å². The maximum absolute atomic E-state index is 12.6. The average Bonchev–Trinajstić information content (AvgIpc) is 2.91. The van der Waals surface area contributed by atoms with E-state index < -0.39 is 20.0 Å². The molecule has 1 aromatic heterocycles. The van der Waals surface area contributed by atoms with Crippen LogP contribution in [0.4, 0.5) is 5.69 Å². The predicted octanol–water partition coefficient (Wildman–Crippen LogP) is 1.73. The standard InChI is InChI=1S/C12H13N3O4S2/c16-15(17)8-1-2-11-10(7-8)14-12(20-11)21(18,19)9-3-5-13-6-4-9/h1-2,7,9,13H,3-6H2. The number of rotatable bonds is 3. The van der Waals surface area contributed by atoms with E-state index in [1.807, 2.05) is 0 Å². The molecule has 0 unspecified atom stereocenters. The number of nitro groups is 1. The van der Waals surface area contributed by atoms with Crippen LogP contribution in [-0.2, 0) is 9.84 Å². The highest BCUT2D eigenvalue weighted by atomic mass is 32.2. The van der Waals surface area contributed by atoms with E-state index >= 15 is 0 Å². The highest BCUT2D eigenvalue weighted by molar-refractivity contribution is 7.94. The van der Waals surface area contributed by atoms with E-state index in [4.69, 9.17) is 0 Å². The Morgan fingerprint density at radius 2 is 2.05 bits per heavy atom. The van der Waals surface area contributed by atoms with Crippen LogP contribution in [0.25, 0.3) is 10.2 Å². The number of nitro benzene ring substituents is 1. The summed E-state index contributed by atoms with van der Waals surface area (Å²) in [5.41, 5.74) is 0.278. The molecule has 9 heteroatoms. The van der Waals surface area contributed by atoms with Crippen LogP contribution in [0.2, 0.25) is 0 Å². The van der Waals surface area contributed by atoms with Crippen molar-refractivity contribution < 1.29 is 13.3 Å². The maximum atomic E-state index is 12.6. The largest absolute Gasteiger partial charge is 0.317 e. The third-order valence-electron chi connectivity index (χ3n) is 3.53. The Labute approximate surface area is 125 Å². The zero-order chi connectivity index (χ0) is 15.0. The number of aromatic nitrogens is 1. The molecular formula is C12H13N3O4S2. The number of hydrogen-bond donors (Lipinski definition) is 1. The lowest BCUT2D eigenvalue weighted by Gasteiger charge is -2.21. The second kappa shape index (κ2) is 5.32. The van der Waals surface area contributed by atoms with Crippen molar-refractivity contribution in [2.45, 2.75) is 22.4 Å². The zero-order valence-corrected chi connectivity index (χ0v) is 12.6. The molecule has 0 radical (unpaired) electrons. The molecular weight excluding hydrogens is 314 g/mol. The van der Waals surface area contributed by atoms with Crippen molar-refractivity contribution in [3.8, 4) is 0 Å². The minimum Gasteiger partial charge on any atom is -0.317 e. The number of hydrogen-bond acceptors (Lipinski definition) is 7. The van der Waals surface area contributed by atoms with Gasteiger partial charge in [0.2, 0.25) is 14.2 Å². The SMILES string of the molecule is O=[N+]([O-])c1ccc2sc(S(=O)(=O)C3CCNCC3)nc2c1. The van der Waals surface area contributed by atoms with Crippen LogP contribution < -0.4 is 5.32 Å². The third-order valence-corrected chi connectivity index (χ3v) is 7.24. The van der Waals surface area contributed by atoms with Crippen LogP contribution in [0.15, 0.2) is 22.5 Å². The van der Waals surface area contributed by atoms with Crippen molar-refractivity contribution >= 4 is 37.1 Å². The van der Waals surface area contributed by atoms with E-state index in [1.54, 1.807) is 6.07 Å². The molecule has 0 aliphatic carbocycles. The number of piperidine rings is 1. The molecule has 0 spiro atoms. The van der Waals surface area contributed by atoms with Gasteiger partial charge in [-0.25, -0.2) is 13.4 Å². The Hall–Kier alpha value is -1.58. The minimum atomic E-state index is -3.46. The van der Waals surface area contributed by atoms with Gasteiger partial charge in [-0.3, -0.25) is 10.1 Å². The molecule has 1 saturated heterocycles. The topological polar surface area (TPSA) is 102 Å². The molecule has 1 N–H and O–H groups in total. The Balaban J connectivity index is 2.02. The molecule has 1 fully saturated rings. The summed E-state index contributed by atoms with van der Waals surface area (Å²) in [6, 6.07) is 4.22. The fourth-order valence-electron chi connectivity index (χ4n) is 2.38. The van der Waals surface area contributed by atoms with Crippen molar-refractivity contribution in [1.82, 2.24) is 10.3 Å². The zero-order valence-electron chi connectivity index (χ0n) is 11.0. The maximum Gasteiger partial charge on any atom is 0.271 e. The molecule has 3 rings (SSSR count). The number of nitrogens with zero attached hydrogens (tertiary/aromatic N) is 2. The Kier molecular flexibility index (Phi) is 3.64. The van der Waals surface area contributed by atoms with Gasteiger partial charge in [0, 0.05) is 12.1 Å². The summed E-state index contributed by atoms with van der Waals surface area (Å²) in [7, 11) is -3.46. The van der Waals surface area contributed by atoms with Gasteiger partial charge in [0.25, 0.3) is 5.69 Å². The molecule has 7 nitrogen and oxygen atoms in total. The van der Waals surface area contributed by atoms with Gasteiger partial charge in [-0.15, -0.1) is 11.3 Å². The third kappa shape index (κ3) is 2.63. The molecule has 112 valence electrons. The van der Waals surface area contributed by atoms with Gasteiger partial charge in [0.15, 0.2) is 0 Å². The first kappa shape index (κ1) is 14.4. The van der Waals surface area contributed by atoms with Gasteiger partial charge in [-0.05, 0) is 32.0 Å². The van der Waals surface area contributed by atoms with E-state index in [2.05, 4.69) is 10.3 Å². The molecule has 0 bridgehead atoms. The van der Waals surface area contributed by atoms with Crippen LogP contribution in [0.3, 0.4) is 0 Å². The highest BCUT2D eigenvalue weighted by Crippen LogP contribution is 2.31. The van der Waals surface area contributed by atoms with Gasteiger partial charge >= 0.3 is 0 Å². The van der Waals surface area contributed by atoms with Gasteiger partial charge in [0.05, 0.1) is 20.4 Å². The smallest absolute Gasteiger partial charge is 0.271 e. The van der Waals surface area contributed by atoms with Crippen molar-refractivity contribution in [2.75, 3.05) is 13.1 Å². The predicted molar refractivity (Wildman–Crippen MR) is 79.4 cm³/mol. The first-order valence-electron chi connectivity index (χ1n) is 6.48. The van der Waals surface area contributed by atoms with Gasteiger partial charge in [0.1, 0.15) is 0 Å². The highest BCUT2D eigenvalue weighted by Gasteiger charge is 2.31. The number of benzene rings is 1. The lowest BCUT2D eigenvalue weighted by molar-refractivity contribution is -0.384. The first-order chi connectivity index (χ1) is 9.98. The van der Waals surface area contributed by atoms with E-state index in [1.165, 1.54) is 12.1 Å². The van der Waals surface area contributed by atoms with Crippen LogP contribution >= 0.6 is 11.3 Å². The molecule has 2 aromatic rings. The van der Waals surface area contributed by atoms with E-state index in [-0.39, 0.29) is 10.0 Å². The van der Waals surface area contributed by atoms with Crippen molar-refractivity contribution in [3.05, 3.63) is 28.3 Å². The van der Waals surface area contributed by atoms with Crippen molar-refractivity contribution in [3.63, 3.8) is 0 Å². The molecule has 1 aliphatic rings. The summed E-state index contributed by atoms with van der Waals surface area (Å²) >= 11 is 1.08. The summed E-state index contributed by atoms with van der Waals surface area (Å²) < 4.78 is 25.8. The first-order valence-corrected chi connectivity index (χ1v) is 8.84. The van der Waals surface area contributed by atoms with E-state index in [9.17, 15) is 18.5 Å². The number of sulfone groups is 1. The van der Waals surface area contributed by atoms with Crippen LogP contribution in [-0.4, -0.2) is 36.7 Å². The molecule has 0 atom stereocenters. The Bertz CT molecular complexity index is 794. The van der Waals surface area contributed by atoms with Crippen LogP contribution in [0, 0.1) is 10.1 Å². The molecule has 21 heavy (non-hydrogen) atoms. The average molecular weight is 327 g/mol. The second-order valence-corrected chi connectivity index (χ2v) is 8.32. The molecule has 1 aromatic carbocycles. The number of non-ortho nitro benzene ring substituents is 1. The number of fused-ring (bicyclic) bond motifs is 1. The van der Waals surface area contributed by atoms with Gasteiger partial charge in [-0.2, -0.15) is 0 Å². The summed E-state index contributed by atoms with van der Waals surface area (Å²) in [5, 5.41) is 13.5. The minimum absolute atomic E-state index is 0.0601. The molecule has 2 heterocycles. The number of thiazole rings is 1. The summed E-state index contributed by atoms with van der Waals surface area (Å²) in [6.07, 6.45) is 1.14. The molecule has 0 amide bonds. The summed E-state index contributed by atoms with van der Waals surface area (Å²) in [5.74, 6) is 0. The molecule has 0 saturated carbocycles. The van der Waals surface area contributed by atoms with Gasteiger partial charge in [-0.1, -0.05) is 0 Å². The lowest BCUT2D eigenvalue weighted by atomic mass is 10.2.